The molecule has 2 fully saturated rings. The second-order valence-corrected chi connectivity index (χ2v) is 10.1. The van der Waals surface area contributed by atoms with E-state index in [1.165, 1.54) is 11.3 Å². The van der Waals surface area contributed by atoms with Crippen LogP contribution in [-0.2, 0) is 14.3 Å². The molecule has 2 aromatic rings. The number of hydrogen-bond acceptors (Lipinski definition) is 5. The van der Waals surface area contributed by atoms with Crippen LogP contribution in [0.5, 0.6) is 5.75 Å². The summed E-state index contributed by atoms with van der Waals surface area (Å²) in [5.41, 5.74) is 1.02. The maximum atomic E-state index is 13.8. The van der Waals surface area contributed by atoms with E-state index in [9.17, 15) is 14.4 Å². The lowest BCUT2D eigenvalue weighted by Gasteiger charge is -2.38. The monoisotopic (exact) mass is 497 g/mol. The van der Waals surface area contributed by atoms with Crippen LogP contribution in [0.25, 0.3) is 10.9 Å². The van der Waals surface area contributed by atoms with Crippen molar-refractivity contribution in [2.24, 2.45) is 5.92 Å². The number of aromatic nitrogens is 1. The predicted octanol–water partition coefficient (Wildman–Crippen LogP) is 4.23. The molecule has 36 heavy (non-hydrogen) atoms. The predicted molar refractivity (Wildman–Crippen MR) is 138 cm³/mol. The summed E-state index contributed by atoms with van der Waals surface area (Å²) in [5.74, 6) is -0.710. The summed E-state index contributed by atoms with van der Waals surface area (Å²) in [5, 5.41) is 3.89. The molecule has 0 bridgehead atoms. The van der Waals surface area contributed by atoms with Gasteiger partial charge in [0.25, 0.3) is 11.7 Å². The van der Waals surface area contributed by atoms with Gasteiger partial charge in [0.2, 0.25) is 5.91 Å². The number of ether oxygens (including phenoxy) is 2. The van der Waals surface area contributed by atoms with Crippen LogP contribution in [0.15, 0.2) is 24.4 Å². The average molecular weight is 498 g/mol. The van der Waals surface area contributed by atoms with Crippen molar-refractivity contribution in [3.05, 3.63) is 30.0 Å². The molecule has 0 spiro atoms. The number of Topliss-reactive ketones (excluding diaryl/α,β-unsaturated/α-hetero) is 1. The van der Waals surface area contributed by atoms with E-state index in [1.54, 1.807) is 38.6 Å². The minimum absolute atomic E-state index is 0.0307. The molecular formula is C28H39N3O5. The number of amides is 2. The molecule has 0 aliphatic heterocycles. The number of benzene rings is 1. The molecule has 1 aromatic carbocycles. The van der Waals surface area contributed by atoms with Gasteiger partial charge in [0.05, 0.1) is 19.3 Å². The first-order valence-electron chi connectivity index (χ1n) is 13.3. The summed E-state index contributed by atoms with van der Waals surface area (Å²) in [4.78, 5) is 45.7. The van der Waals surface area contributed by atoms with Gasteiger partial charge in [-0.15, -0.1) is 0 Å². The first-order valence-corrected chi connectivity index (χ1v) is 13.3. The second kappa shape index (κ2) is 12.4. The molecule has 196 valence electrons. The summed E-state index contributed by atoms with van der Waals surface area (Å²) in [6.07, 6.45) is 11.9. The summed E-state index contributed by atoms with van der Waals surface area (Å²) < 4.78 is 10.6. The highest BCUT2D eigenvalue weighted by Gasteiger charge is 2.40. The number of aromatic amines is 1. The summed E-state index contributed by atoms with van der Waals surface area (Å²) in [6, 6.07) is 4.80. The summed E-state index contributed by atoms with van der Waals surface area (Å²) in [6.45, 7) is 0.445. The molecule has 2 amide bonds. The molecular weight excluding hydrogens is 458 g/mol. The molecule has 2 aliphatic carbocycles. The fraction of sp³-hybridized carbons (Fsp3) is 0.607. The van der Waals surface area contributed by atoms with Crippen molar-refractivity contribution in [2.75, 3.05) is 27.4 Å². The Bertz CT molecular complexity index is 1050. The zero-order valence-electron chi connectivity index (χ0n) is 21.5. The molecule has 8 nitrogen and oxygen atoms in total. The molecule has 0 radical (unpaired) electrons. The van der Waals surface area contributed by atoms with E-state index in [2.05, 4.69) is 10.3 Å². The molecule has 1 heterocycles. The van der Waals surface area contributed by atoms with Gasteiger partial charge in [-0.2, -0.15) is 0 Å². The zero-order chi connectivity index (χ0) is 25.5. The van der Waals surface area contributed by atoms with Gasteiger partial charge in [-0.1, -0.05) is 38.5 Å². The van der Waals surface area contributed by atoms with Gasteiger partial charge in [0, 0.05) is 42.9 Å². The van der Waals surface area contributed by atoms with Crippen molar-refractivity contribution in [3.8, 4) is 5.75 Å². The van der Waals surface area contributed by atoms with Gasteiger partial charge in [0.1, 0.15) is 11.8 Å². The van der Waals surface area contributed by atoms with E-state index in [-0.39, 0.29) is 31.0 Å². The number of fused-ring (bicyclic) bond motifs is 1. The lowest BCUT2D eigenvalue weighted by molar-refractivity contribution is -0.141. The van der Waals surface area contributed by atoms with Crippen molar-refractivity contribution in [3.63, 3.8) is 0 Å². The average Bonchev–Trinajstić information content (AvgIpc) is 3.34. The van der Waals surface area contributed by atoms with Gasteiger partial charge in [0.15, 0.2) is 0 Å². The SMILES string of the molecule is COCCN(C(=O)C(=O)c1c[nH]c2cc(OC)ccc12)[C@@H](C(=O)NC1CCCCC1)C1CCCCC1. The fourth-order valence-electron chi connectivity index (χ4n) is 5.82. The Morgan fingerprint density at radius 3 is 2.39 bits per heavy atom. The second-order valence-electron chi connectivity index (χ2n) is 10.1. The Hall–Kier alpha value is -2.87. The van der Waals surface area contributed by atoms with Crippen molar-refractivity contribution >= 4 is 28.5 Å². The lowest BCUT2D eigenvalue weighted by atomic mass is 9.82. The lowest BCUT2D eigenvalue weighted by Crippen LogP contribution is -2.57. The number of nitrogens with one attached hydrogen (secondary N) is 2. The van der Waals surface area contributed by atoms with Crippen LogP contribution in [-0.4, -0.2) is 66.9 Å². The number of carbonyl (C=O) groups is 3. The highest BCUT2D eigenvalue weighted by Crippen LogP contribution is 2.31. The first kappa shape index (κ1) is 26.2. The number of H-pyrrole nitrogens is 1. The van der Waals surface area contributed by atoms with Gasteiger partial charge < -0.3 is 24.7 Å². The van der Waals surface area contributed by atoms with E-state index in [0.717, 1.165) is 57.8 Å². The van der Waals surface area contributed by atoms with Crippen LogP contribution in [0, 0.1) is 5.92 Å². The largest absolute Gasteiger partial charge is 0.497 e. The normalized spacial score (nSPS) is 18.1. The highest BCUT2D eigenvalue weighted by atomic mass is 16.5. The Morgan fingerprint density at radius 1 is 1.03 bits per heavy atom. The number of methoxy groups -OCH3 is 2. The van der Waals surface area contributed by atoms with E-state index in [4.69, 9.17) is 9.47 Å². The number of rotatable bonds is 10. The summed E-state index contributed by atoms with van der Waals surface area (Å²) >= 11 is 0. The highest BCUT2D eigenvalue weighted by molar-refractivity contribution is 6.45. The maximum Gasteiger partial charge on any atom is 0.295 e. The van der Waals surface area contributed by atoms with Crippen LogP contribution in [0.1, 0.15) is 74.6 Å². The van der Waals surface area contributed by atoms with Crippen molar-refractivity contribution < 1.29 is 23.9 Å². The van der Waals surface area contributed by atoms with Crippen LogP contribution in [0.3, 0.4) is 0 Å². The van der Waals surface area contributed by atoms with Crippen LogP contribution in [0.4, 0.5) is 0 Å². The van der Waals surface area contributed by atoms with Crippen molar-refractivity contribution in [2.45, 2.75) is 76.3 Å². The standard InChI is InChI=1S/C28H39N3O5/c1-35-16-15-31(28(34)26(32)23-18-29-24-17-21(36-2)13-14-22(23)24)25(19-9-5-3-6-10-19)27(33)30-20-11-7-4-8-12-20/h13-14,17-20,25,29H,3-12,15-16H2,1-2H3,(H,30,33)/t25-/m1/s1. The van der Waals surface area contributed by atoms with Gasteiger partial charge in [-0.25, -0.2) is 0 Å². The number of nitrogens with zero attached hydrogens (tertiary/aromatic N) is 1. The smallest absolute Gasteiger partial charge is 0.295 e. The Labute approximate surface area is 213 Å². The third-order valence-electron chi connectivity index (χ3n) is 7.78. The first-order chi connectivity index (χ1) is 17.5. The minimum atomic E-state index is -0.677. The van der Waals surface area contributed by atoms with Crippen molar-refractivity contribution in [1.82, 2.24) is 15.2 Å². The van der Waals surface area contributed by atoms with Crippen LogP contribution >= 0.6 is 0 Å². The van der Waals surface area contributed by atoms with Crippen LogP contribution < -0.4 is 10.1 Å². The van der Waals surface area contributed by atoms with Gasteiger partial charge in [-0.3, -0.25) is 14.4 Å². The molecule has 1 atom stereocenters. The van der Waals surface area contributed by atoms with E-state index in [1.807, 2.05) is 0 Å². The van der Waals surface area contributed by atoms with Gasteiger partial charge in [-0.05, 0) is 43.7 Å². The van der Waals surface area contributed by atoms with E-state index < -0.39 is 17.7 Å². The maximum absolute atomic E-state index is 13.8. The molecule has 2 aliphatic rings. The third kappa shape index (κ3) is 5.91. The van der Waals surface area contributed by atoms with Crippen molar-refractivity contribution in [1.29, 1.82) is 0 Å². The Kier molecular flexibility index (Phi) is 9.02. The zero-order valence-corrected chi connectivity index (χ0v) is 21.5. The Morgan fingerprint density at radius 2 is 1.72 bits per heavy atom. The molecule has 4 rings (SSSR count). The topological polar surface area (TPSA) is 101 Å². The Balaban J connectivity index is 1.63. The third-order valence-corrected chi connectivity index (χ3v) is 7.78. The molecule has 8 heteroatoms. The van der Waals surface area contributed by atoms with E-state index >= 15 is 0 Å². The van der Waals surface area contributed by atoms with E-state index in [0.29, 0.717) is 22.2 Å². The number of ketones is 1. The minimum Gasteiger partial charge on any atom is -0.497 e. The molecule has 2 N–H and O–H groups in total. The fourth-order valence-corrected chi connectivity index (χ4v) is 5.82. The number of carbonyl (C=O) groups excluding carboxylic acids is 3. The molecule has 0 saturated heterocycles. The molecule has 2 saturated carbocycles. The molecule has 0 unspecified atom stereocenters. The summed E-state index contributed by atoms with van der Waals surface area (Å²) in [7, 11) is 3.15. The number of hydrogen-bond donors (Lipinski definition) is 2. The molecule has 1 aromatic heterocycles. The van der Waals surface area contributed by atoms with Gasteiger partial charge >= 0.3 is 0 Å². The quantitative estimate of drug-likeness (QED) is 0.378. The van der Waals surface area contributed by atoms with Crippen LogP contribution in [0.2, 0.25) is 0 Å².